The maximum Gasteiger partial charge on any atom is 0.264 e. The molecule has 220 valence electrons. The van der Waals surface area contributed by atoms with Gasteiger partial charge in [-0.15, -0.1) is 0 Å². The lowest BCUT2D eigenvalue weighted by molar-refractivity contribution is -0.140. The van der Waals surface area contributed by atoms with Crippen LogP contribution < -0.4 is 19.1 Å². The maximum absolute atomic E-state index is 14.1. The molecule has 1 N–H and O–H groups in total. The molecule has 3 aromatic carbocycles. The molecule has 9 nitrogen and oxygen atoms in total. The molecule has 0 aliphatic heterocycles. The van der Waals surface area contributed by atoms with Crippen LogP contribution >= 0.6 is 0 Å². The second-order valence-corrected chi connectivity index (χ2v) is 11.6. The van der Waals surface area contributed by atoms with Crippen LogP contribution in [0.2, 0.25) is 0 Å². The largest absolute Gasteiger partial charge is 0.497 e. The van der Waals surface area contributed by atoms with Gasteiger partial charge in [0.1, 0.15) is 24.1 Å². The minimum atomic E-state index is -4.14. The van der Waals surface area contributed by atoms with Crippen LogP contribution in [-0.2, 0) is 26.2 Å². The van der Waals surface area contributed by atoms with Crippen LogP contribution in [0.25, 0.3) is 0 Å². The number of amides is 2. The Labute approximate surface area is 243 Å². The van der Waals surface area contributed by atoms with Crippen molar-refractivity contribution >= 4 is 27.5 Å². The molecule has 10 heteroatoms. The van der Waals surface area contributed by atoms with Gasteiger partial charge in [0.15, 0.2) is 0 Å². The van der Waals surface area contributed by atoms with Gasteiger partial charge in [0.05, 0.1) is 24.3 Å². The molecule has 41 heavy (non-hydrogen) atoms. The zero-order valence-electron chi connectivity index (χ0n) is 24.2. The van der Waals surface area contributed by atoms with E-state index in [-0.39, 0.29) is 23.4 Å². The molecule has 2 amide bonds. The van der Waals surface area contributed by atoms with Crippen LogP contribution in [0.5, 0.6) is 11.5 Å². The van der Waals surface area contributed by atoms with Crippen LogP contribution in [-0.4, -0.2) is 57.5 Å². The Hall–Kier alpha value is -4.05. The summed E-state index contributed by atoms with van der Waals surface area (Å²) in [6.07, 6.45) is 0.336. The summed E-state index contributed by atoms with van der Waals surface area (Å²) < 4.78 is 39.7. The molecule has 0 radical (unpaired) electrons. The molecule has 0 aromatic heterocycles. The van der Waals surface area contributed by atoms with Gasteiger partial charge in [-0.3, -0.25) is 13.9 Å². The fourth-order valence-corrected chi connectivity index (χ4v) is 5.83. The van der Waals surface area contributed by atoms with E-state index in [9.17, 15) is 18.0 Å². The topological polar surface area (TPSA) is 105 Å². The van der Waals surface area contributed by atoms with Crippen molar-refractivity contribution in [1.82, 2.24) is 10.2 Å². The Morgan fingerprint density at radius 3 is 2.17 bits per heavy atom. The van der Waals surface area contributed by atoms with Crippen LogP contribution in [0.15, 0.2) is 83.8 Å². The lowest BCUT2D eigenvalue weighted by Crippen LogP contribution is -2.53. The molecular formula is C31H39N3O6S. The molecule has 0 saturated heterocycles. The van der Waals surface area contributed by atoms with Crippen molar-refractivity contribution in [1.29, 1.82) is 0 Å². The fraction of sp³-hybridized carbons (Fsp3) is 0.355. The molecule has 0 aliphatic carbocycles. The number of carbonyl (C=O) groups excluding carboxylic acids is 2. The highest BCUT2D eigenvalue weighted by Crippen LogP contribution is 2.27. The average molecular weight is 582 g/mol. The molecule has 0 fully saturated rings. The van der Waals surface area contributed by atoms with E-state index in [4.69, 9.17) is 9.47 Å². The zero-order valence-corrected chi connectivity index (χ0v) is 25.1. The maximum atomic E-state index is 14.1. The van der Waals surface area contributed by atoms with E-state index in [1.807, 2.05) is 33.8 Å². The Morgan fingerprint density at radius 1 is 0.902 bits per heavy atom. The van der Waals surface area contributed by atoms with Crippen molar-refractivity contribution < 1.29 is 27.5 Å². The molecule has 3 aromatic rings. The van der Waals surface area contributed by atoms with Crippen molar-refractivity contribution in [3.63, 3.8) is 0 Å². The minimum Gasteiger partial charge on any atom is -0.497 e. The number of anilines is 1. The Balaban J connectivity index is 2.06. The molecule has 0 unspecified atom stereocenters. The number of hydrogen-bond donors (Lipinski definition) is 1. The van der Waals surface area contributed by atoms with E-state index in [1.165, 1.54) is 17.0 Å². The second-order valence-electron chi connectivity index (χ2n) is 9.71. The van der Waals surface area contributed by atoms with Crippen molar-refractivity contribution in [2.75, 3.05) is 24.6 Å². The monoisotopic (exact) mass is 581 g/mol. The van der Waals surface area contributed by atoms with Gasteiger partial charge in [-0.05, 0) is 81.3 Å². The highest BCUT2D eigenvalue weighted by Gasteiger charge is 2.33. The van der Waals surface area contributed by atoms with Gasteiger partial charge in [-0.1, -0.05) is 37.3 Å². The number of hydrogen-bond acceptors (Lipinski definition) is 6. The SMILES string of the molecule is CCOc1ccc(N(CC(=O)N(Cc2cccc(OC)c2)[C@@H](CC)C(=O)NC(C)C)S(=O)(=O)c2ccccc2)cc1. The Morgan fingerprint density at radius 2 is 1.59 bits per heavy atom. The summed E-state index contributed by atoms with van der Waals surface area (Å²) in [5.41, 5.74) is 1.04. The number of rotatable bonds is 14. The highest BCUT2D eigenvalue weighted by atomic mass is 32.2. The first-order valence-electron chi connectivity index (χ1n) is 13.6. The number of benzene rings is 3. The van der Waals surface area contributed by atoms with E-state index in [2.05, 4.69) is 5.32 Å². The molecule has 1 atom stereocenters. The van der Waals surface area contributed by atoms with E-state index < -0.39 is 28.5 Å². The number of nitrogens with zero attached hydrogens (tertiary/aromatic N) is 2. The van der Waals surface area contributed by atoms with Gasteiger partial charge in [0.2, 0.25) is 11.8 Å². The van der Waals surface area contributed by atoms with E-state index in [0.717, 1.165) is 9.87 Å². The van der Waals surface area contributed by atoms with Gasteiger partial charge in [-0.2, -0.15) is 0 Å². The summed E-state index contributed by atoms with van der Waals surface area (Å²) in [5, 5.41) is 2.89. The number of nitrogens with one attached hydrogen (secondary N) is 1. The Bertz CT molecular complexity index is 1390. The van der Waals surface area contributed by atoms with Crippen molar-refractivity contribution in [2.24, 2.45) is 0 Å². The van der Waals surface area contributed by atoms with Crippen LogP contribution in [0.1, 0.15) is 39.7 Å². The first kappa shape index (κ1) is 31.5. The van der Waals surface area contributed by atoms with E-state index >= 15 is 0 Å². The molecule has 0 aliphatic rings. The summed E-state index contributed by atoms with van der Waals surface area (Å²) in [5.74, 6) is 0.359. The summed E-state index contributed by atoms with van der Waals surface area (Å²) in [7, 11) is -2.59. The van der Waals surface area contributed by atoms with Gasteiger partial charge >= 0.3 is 0 Å². The van der Waals surface area contributed by atoms with Crippen molar-refractivity contribution in [2.45, 2.75) is 57.6 Å². The third kappa shape index (κ3) is 8.23. The normalized spacial score (nSPS) is 12.0. The molecular weight excluding hydrogens is 542 g/mol. The van der Waals surface area contributed by atoms with Crippen LogP contribution in [0.4, 0.5) is 5.69 Å². The molecule has 0 spiro atoms. The number of ether oxygens (including phenoxy) is 2. The van der Waals surface area contributed by atoms with Gasteiger partial charge < -0.3 is 19.7 Å². The molecule has 0 heterocycles. The molecule has 0 saturated carbocycles. The summed E-state index contributed by atoms with van der Waals surface area (Å²) in [4.78, 5) is 28.8. The average Bonchev–Trinajstić information content (AvgIpc) is 2.96. The second kappa shape index (κ2) is 14.5. The third-order valence-corrected chi connectivity index (χ3v) is 8.14. The molecule has 3 rings (SSSR count). The number of carbonyl (C=O) groups is 2. The quantitative estimate of drug-likeness (QED) is 0.298. The van der Waals surface area contributed by atoms with E-state index in [0.29, 0.717) is 30.2 Å². The summed E-state index contributed by atoms with van der Waals surface area (Å²) in [6.45, 7) is 7.40. The zero-order chi connectivity index (χ0) is 30.0. The smallest absolute Gasteiger partial charge is 0.264 e. The van der Waals surface area contributed by atoms with Gasteiger partial charge in [0.25, 0.3) is 10.0 Å². The standard InChI is InChI=1S/C31H39N3O6S/c1-6-29(31(36)32-23(3)4)33(21-24-12-11-13-27(20-24)39-5)30(35)22-34(25-16-18-26(19-17-25)40-7-2)41(37,38)28-14-9-8-10-15-28/h8-20,23,29H,6-7,21-22H2,1-5H3,(H,32,36)/t29-/m0/s1. The van der Waals surface area contributed by atoms with Crippen molar-refractivity contribution in [3.8, 4) is 11.5 Å². The van der Waals surface area contributed by atoms with Crippen molar-refractivity contribution in [3.05, 3.63) is 84.4 Å². The van der Waals surface area contributed by atoms with Gasteiger partial charge in [-0.25, -0.2) is 8.42 Å². The highest BCUT2D eigenvalue weighted by molar-refractivity contribution is 7.92. The van der Waals surface area contributed by atoms with Crippen LogP contribution in [0.3, 0.4) is 0 Å². The first-order valence-corrected chi connectivity index (χ1v) is 15.1. The third-order valence-electron chi connectivity index (χ3n) is 6.35. The lowest BCUT2D eigenvalue weighted by atomic mass is 10.1. The predicted octanol–water partition coefficient (Wildman–Crippen LogP) is 4.62. The number of methoxy groups -OCH3 is 1. The fourth-order valence-electron chi connectivity index (χ4n) is 4.39. The first-order chi connectivity index (χ1) is 19.6. The van der Waals surface area contributed by atoms with Crippen LogP contribution in [0, 0.1) is 0 Å². The minimum absolute atomic E-state index is 0.0469. The molecule has 0 bridgehead atoms. The number of sulfonamides is 1. The Kier molecular flexibility index (Phi) is 11.2. The lowest BCUT2D eigenvalue weighted by Gasteiger charge is -2.33. The predicted molar refractivity (Wildman–Crippen MR) is 159 cm³/mol. The van der Waals surface area contributed by atoms with E-state index in [1.54, 1.807) is 67.8 Å². The summed E-state index contributed by atoms with van der Waals surface area (Å²) >= 11 is 0. The summed E-state index contributed by atoms with van der Waals surface area (Å²) in [6, 6.07) is 20.7. The van der Waals surface area contributed by atoms with Gasteiger partial charge in [0, 0.05) is 12.6 Å².